The van der Waals surface area contributed by atoms with Crippen LogP contribution in [0.3, 0.4) is 0 Å². The van der Waals surface area contributed by atoms with Crippen molar-refractivity contribution in [3.63, 3.8) is 0 Å². The Hall–Kier alpha value is -3.88. The number of amides is 2. The SMILES string of the molecule is CCOc1ccc(O[C@H](C)C(=O)NNC(=O)/C=C/c2cccc([N+](=O)[O-])c2)cc1. The van der Waals surface area contributed by atoms with E-state index >= 15 is 0 Å². The van der Waals surface area contributed by atoms with Crippen LogP contribution >= 0.6 is 0 Å². The molecule has 0 aliphatic heterocycles. The first-order valence-electron chi connectivity index (χ1n) is 8.81. The number of hydrogen-bond acceptors (Lipinski definition) is 6. The van der Waals surface area contributed by atoms with Crippen LogP contribution in [0.4, 0.5) is 5.69 Å². The molecule has 2 N–H and O–H groups in total. The van der Waals surface area contributed by atoms with Gasteiger partial charge in [-0.2, -0.15) is 0 Å². The van der Waals surface area contributed by atoms with E-state index < -0.39 is 22.8 Å². The topological polar surface area (TPSA) is 120 Å². The minimum atomic E-state index is -0.853. The molecule has 0 bridgehead atoms. The van der Waals surface area contributed by atoms with Crippen LogP contribution in [0.1, 0.15) is 19.4 Å². The molecule has 0 radical (unpaired) electrons. The van der Waals surface area contributed by atoms with Gasteiger partial charge in [-0.1, -0.05) is 12.1 Å². The lowest BCUT2D eigenvalue weighted by Crippen LogP contribution is -2.46. The first kappa shape index (κ1) is 21.4. The number of rotatable bonds is 8. The second-order valence-corrected chi connectivity index (χ2v) is 5.83. The normalized spacial score (nSPS) is 11.5. The number of hydrogen-bond donors (Lipinski definition) is 2. The number of nitrogens with zero attached hydrogens (tertiary/aromatic N) is 1. The van der Waals surface area contributed by atoms with Crippen LogP contribution in [0.2, 0.25) is 0 Å². The lowest BCUT2D eigenvalue weighted by Gasteiger charge is -2.15. The standard InChI is InChI=1S/C20H21N3O6/c1-3-28-17-8-10-18(11-9-17)29-14(2)20(25)22-21-19(24)12-7-15-5-4-6-16(13-15)23(26)27/h4-14H,3H2,1-2H3,(H,21,24)(H,22,25)/b12-7+/t14-/m1/s1. The van der Waals surface area contributed by atoms with Crippen molar-refractivity contribution in [3.8, 4) is 11.5 Å². The predicted molar refractivity (Wildman–Crippen MR) is 106 cm³/mol. The molecule has 152 valence electrons. The Morgan fingerprint density at radius 3 is 2.48 bits per heavy atom. The van der Waals surface area contributed by atoms with Gasteiger partial charge in [0.25, 0.3) is 17.5 Å². The quantitative estimate of drug-likeness (QED) is 0.400. The van der Waals surface area contributed by atoms with Crippen molar-refractivity contribution in [1.82, 2.24) is 10.9 Å². The van der Waals surface area contributed by atoms with Crippen LogP contribution in [0, 0.1) is 10.1 Å². The molecular formula is C20H21N3O6. The lowest BCUT2D eigenvalue weighted by molar-refractivity contribution is -0.384. The van der Waals surface area contributed by atoms with Crippen molar-refractivity contribution in [2.75, 3.05) is 6.61 Å². The summed E-state index contributed by atoms with van der Waals surface area (Å²) in [6.45, 7) is 3.97. The van der Waals surface area contributed by atoms with Gasteiger partial charge in [-0.25, -0.2) is 0 Å². The lowest BCUT2D eigenvalue weighted by atomic mass is 10.2. The highest BCUT2D eigenvalue weighted by atomic mass is 16.6. The molecule has 0 heterocycles. The Morgan fingerprint density at radius 1 is 1.14 bits per heavy atom. The molecule has 0 saturated carbocycles. The molecule has 0 aromatic heterocycles. The van der Waals surface area contributed by atoms with E-state index in [2.05, 4.69) is 10.9 Å². The molecule has 0 aliphatic rings. The molecule has 2 amide bonds. The third kappa shape index (κ3) is 6.98. The van der Waals surface area contributed by atoms with Crippen LogP contribution in [0.5, 0.6) is 11.5 Å². The summed E-state index contributed by atoms with van der Waals surface area (Å²) in [6.07, 6.45) is 1.69. The summed E-state index contributed by atoms with van der Waals surface area (Å²) in [5, 5.41) is 10.7. The smallest absolute Gasteiger partial charge is 0.279 e. The number of nitro benzene ring substituents is 1. The molecule has 2 aromatic rings. The number of carbonyl (C=O) groups is 2. The van der Waals surface area contributed by atoms with Crippen LogP contribution in [-0.4, -0.2) is 29.4 Å². The minimum Gasteiger partial charge on any atom is -0.494 e. The van der Waals surface area contributed by atoms with E-state index in [4.69, 9.17) is 9.47 Å². The van der Waals surface area contributed by atoms with E-state index in [1.165, 1.54) is 31.2 Å². The van der Waals surface area contributed by atoms with E-state index in [1.54, 1.807) is 30.3 Å². The maximum atomic E-state index is 12.0. The molecule has 1 atom stereocenters. The van der Waals surface area contributed by atoms with Gasteiger partial charge < -0.3 is 9.47 Å². The molecule has 0 spiro atoms. The number of hydrazine groups is 1. The Kier molecular flexibility index (Phi) is 7.72. The Labute approximate surface area is 167 Å². The maximum Gasteiger partial charge on any atom is 0.279 e. The highest BCUT2D eigenvalue weighted by Crippen LogP contribution is 2.18. The van der Waals surface area contributed by atoms with Gasteiger partial charge in [-0.3, -0.25) is 30.6 Å². The summed E-state index contributed by atoms with van der Waals surface area (Å²) in [6, 6.07) is 12.6. The zero-order valence-electron chi connectivity index (χ0n) is 16.0. The zero-order chi connectivity index (χ0) is 21.2. The molecule has 9 nitrogen and oxygen atoms in total. The average molecular weight is 399 g/mol. The highest BCUT2D eigenvalue weighted by Gasteiger charge is 2.15. The molecule has 0 saturated heterocycles. The molecule has 9 heteroatoms. The van der Waals surface area contributed by atoms with Crippen molar-refractivity contribution in [2.45, 2.75) is 20.0 Å². The summed E-state index contributed by atoms with van der Waals surface area (Å²) in [4.78, 5) is 34.1. The summed E-state index contributed by atoms with van der Waals surface area (Å²) in [5.41, 5.74) is 4.87. The van der Waals surface area contributed by atoms with E-state index in [0.717, 1.165) is 6.08 Å². The number of carbonyl (C=O) groups excluding carboxylic acids is 2. The van der Waals surface area contributed by atoms with Gasteiger partial charge in [0.1, 0.15) is 11.5 Å². The zero-order valence-corrected chi connectivity index (χ0v) is 16.0. The van der Waals surface area contributed by atoms with Crippen molar-refractivity contribution in [3.05, 3.63) is 70.3 Å². The Balaban J connectivity index is 1.82. The minimum absolute atomic E-state index is 0.0823. The third-order valence-corrected chi connectivity index (χ3v) is 3.63. The second-order valence-electron chi connectivity index (χ2n) is 5.83. The molecule has 2 aromatic carbocycles. The summed E-state index contributed by atoms with van der Waals surface area (Å²) in [7, 11) is 0. The fourth-order valence-corrected chi connectivity index (χ4v) is 2.22. The largest absolute Gasteiger partial charge is 0.494 e. The number of ether oxygens (including phenoxy) is 2. The van der Waals surface area contributed by atoms with Crippen molar-refractivity contribution in [2.24, 2.45) is 0 Å². The van der Waals surface area contributed by atoms with Crippen molar-refractivity contribution in [1.29, 1.82) is 0 Å². The Bertz CT molecular complexity index is 895. The van der Waals surface area contributed by atoms with Gasteiger partial charge in [0, 0.05) is 18.2 Å². The molecule has 0 fully saturated rings. The maximum absolute atomic E-state index is 12.0. The van der Waals surface area contributed by atoms with E-state index in [-0.39, 0.29) is 5.69 Å². The van der Waals surface area contributed by atoms with E-state index in [0.29, 0.717) is 23.7 Å². The van der Waals surface area contributed by atoms with Gasteiger partial charge in [0.05, 0.1) is 11.5 Å². The van der Waals surface area contributed by atoms with Crippen LogP contribution < -0.4 is 20.3 Å². The third-order valence-electron chi connectivity index (χ3n) is 3.63. The molecule has 0 aliphatic carbocycles. The molecule has 0 unspecified atom stereocenters. The summed E-state index contributed by atoms with van der Waals surface area (Å²) in [5.74, 6) is 0.0295. The fourth-order valence-electron chi connectivity index (χ4n) is 2.22. The first-order valence-corrected chi connectivity index (χ1v) is 8.81. The number of nitrogens with one attached hydrogen (secondary N) is 2. The second kappa shape index (κ2) is 10.5. The van der Waals surface area contributed by atoms with Gasteiger partial charge in [0.2, 0.25) is 0 Å². The average Bonchev–Trinajstić information content (AvgIpc) is 2.72. The van der Waals surface area contributed by atoms with Crippen LogP contribution in [0.15, 0.2) is 54.6 Å². The Morgan fingerprint density at radius 2 is 1.83 bits per heavy atom. The van der Waals surface area contributed by atoms with Gasteiger partial charge >= 0.3 is 0 Å². The highest BCUT2D eigenvalue weighted by molar-refractivity contribution is 5.93. The summed E-state index contributed by atoms with van der Waals surface area (Å²) >= 11 is 0. The number of nitro groups is 1. The molecule has 29 heavy (non-hydrogen) atoms. The van der Waals surface area contributed by atoms with Crippen molar-refractivity contribution >= 4 is 23.6 Å². The number of benzene rings is 2. The van der Waals surface area contributed by atoms with E-state index in [9.17, 15) is 19.7 Å². The van der Waals surface area contributed by atoms with Gasteiger partial charge in [0.15, 0.2) is 6.10 Å². The van der Waals surface area contributed by atoms with Gasteiger partial charge in [-0.15, -0.1) is 0 Å². The number of non-ortho nitro benzene ring substituents is 1. The van der Waals surface area contributed by atoms with Gasteiger partial charge in [-0.05, 0) is 49.8 Å². The van der Waals surface area contributed by atoms with Crippen LogP contribution in [-0.2, 0) is 9.59 Å². The predicted octanol–water partition coefficient (Wildman–Crippen LogP) is 2.62. The van der Waals surface area contributed by atoms with E-state index in [1.807, 2.05) is 6.92 Å². The molecule has 2 rings (SSSR count). The van der Waals surface area contributed by atoms with Crippen molar-refractivity contribution < 1.29 is 24.0 Å². The molecular weight excluding hydrogens is 378 g/mol. The van der Waals surface area contributed by atoms with Crippen LogP contribution in [0.25, 0.3) is 6.08 Å². The summed E-state index contributed by atoms with van der Waals surface area (Å²) < 4.78 is 10.8. The fraction of sp³-hybridized carbons (Fsp3) is 0.200. The monoisotopic (exact) mass is 399 g/mol. The first-order chi connectivity index (χ1) is 13.9.